The highest BCUT2D eigenvalue weighted by atomic mass is 35.5. The molecular weight excluding hydrogens is 402 g/mol. The molecule has 7 heteroatoms. The number of ether oxygens (including phenoxy) is 1. The van der Waals surface area contributed by atoms with Crippen molar-refractivity contribution in [2.75, 3.05) is 18.1 Å². The van der Waals surface area contributed by atoms with Gasteiger partial charge >= 0.3 is 0 Å². The number of carbonyl (C=O) groups is 1. The summed E-state index contributed by atoms with van der Waals surface area (Å²) < 4.78 is 7.09. The van der Waals surface area contributed by atoms with Gasteiger partial charge in [0.25, 0.3) is 5.56 Å². The van der Waals surface area contributed by atoms with E-state index in [4.69, 9.17) is 16.3 Å². The molecule has 0 atom stereocenters. The maximum atomic E-state index is 13.3. The number of fused-ring (bicyclic) bond motifs is 1. The Morgan fingerprint density at radius 1 is 1.20 bits per heavy atom. The molecule has 0 saturated heterocycles. The van der Waals surface area contributed by atoms with E-state index in [1.807, 2.05) is 38.1 Å². The van der Waals surface area contributed by atoms with Gasteiger partial charge in [-0.15, -0.1) is 0 Å². The van der Waals surface area contributed by atoms with E-state index >= 15 is 0 Å². The fraction of sp³-hybridized carbons (Fsp3) is 0.261. The van der Waals surface area contributed by atoms with Crippen LogP contribution >= 0.6 is 11.6 Å². The van der Waals surface area contributed by atoms with Crippen LogP contribution < -0.4 is 15.2 Å². The smallest absolute Gasteiger partial charge is 0.254 e. The molecule has 1 amide bonds. The molecule has 1 aliphatic heterocycles. The predicted octanol–water partition coefficient (Wildman–Crippen LogP) is 3.86. The lowest BCUT2D eigenvalue weighted by atomic mass is 10.1. The largest absolute Gasteiger partial charge is 0.490 e. The molecule has 1 aliphatic rings. The van der Waals surface area contributed by atoms with Crippen molar-refractivity contribution in [2.24, 2.45) is 0 Å². The quantitative estimate of drug-likeness (QED) is 0.639. The van der Waals surface area contributed by atoms with Gasteiger partial charge in [0, 0.05) is 22.3 Å². The zero-order chi connectivity index (χ0) is 21.3. The topological polar surface area (TPSA) is 64.4 Å². The summed E-state index contributed by atoms with van der Waals surface area (Å²) in [5, 5.41) is 0.541. The maximum Gasteiger partial charge on any atom is 0.254 e. The minimum absolute atomic E-state index is 0.120. The van der Waals surface area contributed by atoms with Gasteiger partial charge in [-0.2, -0.15) is 0 Å². The van der Waals surface area contributed by atoms with Gasteiger partial charge in [0.1, 0.15) is 24.7 Å². The number of carbonyl (C=O) groups excluding carboxylic acids is 1. The number of aromatic nitrogens is 2. The van der Waals surface area contributed by atoms with Gasteiger partial charge in [-0.25, -0.2) is 4.98 Å². The average Bonchev–Trinajstić information content (AvgIpc) is 2.74. The Balaban J connectivity index is 1.75. The molecule has 2 aromatic carbocycles. The molecule has 0 saturated carbocycles. The lowest BCUT2D eigenvalue weighted by Gasteiger charge is -2.30. The monoisotopic (exact) mass is 423 g/mol. The molecule has 0 radical (unpaired) electrons. The van der Waals surface area contributed by atoms with Crippen LogP contribution in [-0.2, 0) is 17.8 Å². The van der Waals surface area contributed by atoms with Crippen molar-refractivity contribution in [3.8, 4) is 17.1 Å². The maximum absolute atomic E-state index is 13.3. The molecule has 1 aromatic heterocycles. The van der Waals surface area contributed by atoms with E-state index in [0.29, 0.717) is 47.4 Å². The van der Waals surface area contributed by atoms with Crippen molar-refractivity contribution in [3.63, 3.8) is 0 Å². The Morgan fingerprint density at radius 2 is 2.03 bits per heavy atom. The lowest BCUT2D eigenvalue weighted by molar-refractivity contribution is -0.119. The first-order valence-electron chi connectivity index (χ1n) is 9.87. The molecule has 154 valence electrons. The molecule has 4 rings (SSSR count). The first-order chi connectivity index (χ1) is 14.5. The molecule has 0 unspecified atom stereocenters. The van der Waals surface area contributed by atoms with Crippen molar-refractivity contribution in [1.29, 1.82) is 0 Å². The van der Waals surface area contributed by atoms with Crippen molar-refractivity contribution >= 4 is 23.2 Å². The summed E-state index contributed by atoms with van der Waals surface area (Å²) in [5.41, 5.74) is 2.86. The van der Waals surface area contributed by atoms with E-state index in [2.05, 4.69) is 4.98 Å². The van der Waals surface area contributed by atoms with Crippen LogP contribution in [0, 0.1) is 6.92 Å². The van der Waals surface area contributed by atoms with Crippen LogP contribution in [-0.4, -0.2) is 28.6 Å². The molecule has 0 bridgehead atoms. The molecule has 3 aromatic rings. The molecule has 0 fully saturated rings. The van der Waals surface area contributed by atoms with Gasteiger partial charge < -0.3 is 9.64 Å². The predicted molar refractivity (Wildman–Crippen MR) is 117 cm³/mol. The van der Waals surface area contributed by atoms with Crippen molar-refractivity contribution in [3.05, 3.63) is 75.2 Å². The number of aryl methyl sites for hydroxylation is 2. The summed E-state index contributed by atoms with van der Waals surface area (Å²) in [6.07, 6.45) is 0.619. The summed E-state index contributed by atoms with van der Waals surface area (Å²) in [6.45, 7) is 4.62. The van der Waals surface area contributed by atoms with E-state index < -0.39 is 0 Å². The van der Waals surface area contributed by atoms with Crippen molar-refractivity contribution < 1.29 is 9.53 Å². The zero-order valence-electron chi connectivity index (χ0n) is 16.9. The molecular formula is C23H22ClN3O3. The Morgan fingerprint density at radius 3 is 2.80 bits per heavy atom. The van der Waals surface area contributed by atoms with E-state index in [-0.39, 0.29) is 18.0 Å². The highest BCUT2D eigenvalue weighted by Gasteiger charge is 2.25. The number of nitrogens with zero attached hydrogens (tertiary/aromatic N) is 3. The standard InChI is InChI=1S/C23H22ClN3O3/c1-3-18-13-21(28)27(23(25-18)16-5-4-6-17(24)12-16)14-22(29)26-9-10-30-20-8-7-15(2)11-19(20)26/h4-8,11-13H,3,9-10,14H2,1-2H3. The van der Waals surface area contributed by atoms with Crippen LogP contribution in [0.15, 0.2) is 53.3 Å². The number of anilines is 1. The van der Waals surface area contributed by atoms with Crippen LogP contribution in [0.5, 0.6) is 5.75 Å². The molecule has 2 heterocycles. The Labute approximate surface area is 179 Å². The minimum atomic E-state index is -0.261. The van der Waals surface area contributed by atoms with Gasteiger partial charge in [0.15, 0.2) is 0 Å². The minimum Gasteiger partial charge on any atom is -0.490 e. The third-order valence-electron chi connectivity index (χ3n) is 5.08. The molecule has 30 heavy (non-hydrogen) atoms. The Bertz CT molecular complexity index is 1170. The van der Waals surface area contributed by atoms with Crippen LogP contribution in [0.25, 0.3) is 11.4 Å². The molecule has 6 nitrogen and oxygen atoms in total. The fourth-order valence-corrected chi connectivity index (χ4v) is 3.73. The van der Waals surface area contributed by atoms with Crippen LogP contribution in [0.1, 0.15) is 18.2 Å². The third kappa shape index (κ3) is 3.96. The van der Waals surface area contributed by atoms with Gasteiger partial charge in [-0.05, 0) is 43.2 Å². The normalized spacial score (nSPS) is 13.0. The van der Waals surface area contributed by atoms with E-state index in [0.717, 1.165) is 11.3 Å². The van der Waals surface area contributed by atoms with E-state index in [9.17, 15) is 9.59 Å². The number of amides is 1. The number of rotatable bonds is 4. The van der Waals surface area contributed by atoms with Gasteiger partial charge in [-0.3, -0.25) is 14.2 Å². The van der Waals surface area contributed by atoms with Crippen LogP contribution in [0.2, 0.25) is 5.02 Å². The number of hydrogen-bond acceptors (Lipinski definition) is 4. The van der Waals surface area contributed by atoms with Crippen LogP contribution in [0.4, 0.5) is 5.69 Å². The summed E-state index contributed by atoms with van der Waals surface area (Å²) in [4.78, 5) is 32.4. The zero-order valence-corrected chi connectivity index (χ0v) is 17.6. The summed E-state index contributed by atoms with van der Waals surface area (Å²) in [6, 6.07) is 14.4. The van der Waals surface area contributed by atoms with Gasteiger partial charge in [0.2, 0.25) is 5.91 Å². The highest BCUT2D eigenvalue weighted by Crippen LogP contribution is 2.32. The summed E-state index contributed by atoms with van der Waals surface area (Å²) in [5.74, 6) is 0.913. The average molecular weight is 424 g/mol. The van der Waals surface area contributed by atoms with Gasteiger partial charge in [-0.1, -0.05) is 36.7 Å². The SMILES string of the molecule is CCc1cc(=O)n(CC(=O)N2CCOc3ccc(C)cc32)c(-c2cccc(Cl)c2)n1. The third-order valence-corrected chi connectivity index (χ3v) is 5.31. The lowest BCUT2D eigenvalue weighted by Crippen LogP contribution is -2.41. The number of hydrogen-bond donors (Lipinski definition) is 0. The summed E-state index contributed by atoms with van der Waals surface area (Å²) >= 11 is 6.15. The second-order valence-corrected chi connectivity index (χ2v) is 7.66. The highest BCUT2D eigenvalue weighted by molar-refractivity contribution is 6.30. The van der Waals surface area contributed by atoms with Crippen molar-refractivity contribution in [2.45, 2.75) is 26.8 Å². The Kier molecular flexibility index (Phi) is 5.59. The number of benzene rings is 2. The number of halogens is 1. The molecule has 0 aliphatic carbocycles. The second-order valence-electron chi connectivity index (χ2n) is 7.22. The molecule has 0 N–H and O–H groups in total. The first kappa shape index (κ1) is 20.2. The molecule has 0 spiro atoms. The van der Waals surface area contributed by atoms with Crippen molar-refractivity contribution in [1.82, 2.24) is 9.55 Å². The van der Waals surface area contributed by atoms with E-state index in [1.54, 1.807) is 23.1 Å². The summed E-state index contributed by atoms with van der Waals surface area (Å²) in [7, 11) is 0. The van der Waals surface area contributed by atoms with Gasteiger partial charge in [0.05, 0.1) is 12.2 Å². The van der Waals surface area contributed by atoms with E-state index in [1.165, 1.54) is 10.6 Å². The second kappa shape index (κ2) is 8.32. The fourth-order valence-electron chi connectivity index (χ4n) is 3.54. The van der Waals surface area contributed by atoms with Crippen LogP contribution in [0.3, 0.4) is 0 Å². The Hall–Kier alpha value is -3.12. The first-order valence-corrected chi connectivity index (χ1v) is 10.2.